The summed E-state index contributed by atoms with van der Waals surface area (Å²) in [6.07, 6.45) is 0.769. The highest BCUT2D eigenvalue weighted by molar-refractivity contribution is 6.14. The molecule has 0 N–H and O–H groups in total. The van der Waals surface area contributed by atoms with Crippen LogP contribution in [0.1, 0.15) is 12.7 Å². The molecule has 11 aromatic rings. The van der Waals surface area contributed by atoms with E-state index in [4.69, 9.17) is 19.9 Å². The minimum atomic E-state index is 0.593. The molecule has 11 rings (SSSR count). The van der Waals surface area contributed by atoms with Crippen molar-refractivity contribution in [1.82, 2.24) is 24.5 Å². The molecule has 0 fully saturated rings. The van der Waals surface area contributed by atoms with Gasteiger partial charge in [-0.05, 0) is 91.3 Å². The standard InChI is InChI=1S/C56H39N5/c1-2-53-57-51-23-13-14-24-52(51)61(53)46-34-44(50-36-43-19-9-10-20-47(43)48-21-11-12-22-49(48)50)33-45(35-46)56-59-54(41-29-25-39(26-30-41)37-15-5-3-6-16-37)58-55(60-56)42-31-27-40(28-32-42)38-17-7-4-8-18-38/h3-36H,2H2,1H3. The molecule has 0 spiro atoms. The van der Waals surface area contributed by atoms with Gasteiger partial charge in [0.05, 0.1) is 11.0 Å². The number of para-hydroxylation sites is 2. The normalized spacial score (nSPS) is 11.4. The number of hydrogen-bond acceptors (Lipinski definition) is 4. The zero-order chi connectivity index (χ0) is 40.7. The molecular formula is C56H39N5. The van der Waals surface area contributed by atoms with Gasteiger partial charge < -0.3 is 0 Å². The monoisotopic (exact) mass is 781 g/mol. The minimum absolute atomic E-state index is 0.593. The van der Waals surface area contributed by atoms with E-state index < -0.39 is 0 Å². The molecule has 0 saturated carbocycles. The number of hydrogen-bond donors (Lipinski definition) is 0. The van der Waals surface area contributed by atoms with Crippen molar-refractivity contribution >= 4 is 32.6 Å². The van der Waals surface area contributed by atoms with Crippen LogP contribution in [0.4, 0.5) is 0 Å². The van der Waals surface area contributed by atoms with Gasteiger partial charge in [0.2, 0.25) is 0 Å². The molecule has 288 valence electrons. The Morgan fingerprint density at radius 1 is 0.361 bits per heavy atom. The molecule has 0 aliphatic carbocycles. The SMILES string of the molecule is CCc1nc2ccccc2n1-c1cc(-c2nc(-c3ccc(-c4ccccc4)cc3)nc(-c3ccc(-c4ccccc4)cc3)n2)cc(-c2cc3ccccc3c3ccccc23)c1. The van der Waals surface area contributed by atoms with Gasteiger partial charge in [0.15, 0.2) is 17.5 Å². The Morgan fingerprint density at radius 3 is 1.46 bits per heavy atom. The molecule has 0 radical (unpaired) electrons. The molecule has 0 aliphatic heterocycles. The lowest BCUT2D eigenvalue weighted by atomic mass is 9.92. The van der Waals surface area contributed by atoms with E-state index in [-0.39, 0.29) is 0 Å². The zero-order valence-electron chi connectivity index (χ0n) is 33.6. The maximum atomic E-state index is 5.29. The topological polar surface area (TPSA) is 56.5 Å². The van der Waals surface area contributed by atoms with E-state index in [0.717, 1.165) is 79.0 Å². The molecule has 0 bridgehead atoms. The number of rotatable bonds is 8. The Bertz CT molecular complexity index is 3270. The van der Waals surface area contributed by atoms with Crippen LogP contribution < -0.4 is 0 Å². The first-order valence-electron chi connectivity index (χ1n) is 20.8. The van der Waals surface area contributed by atoms with Crippen LogP contribution in [0.2, 0.25) is 0 Å². The van der Waals surface area contributed by atoms with Gasteiger partial charge in [0.25, 0.3) is 0 Å². The Labute approximate surface area is 354 Å². The van der Waals surface area contributed by atoms with Gasteiger partial charge in [-0.25, -0.2) is 19.9 Å². The van der Waals surface area contributed by atoms with Crippen LogP contribution in [0, 0.1) is 0 Å². The van der Waals surface area contributed by atoms with E-state index in [1.54, 1.807) is 0 Å². The number of aryl methyl sites for hydroxylation is 1. The highest BCUT2D eigenvalue weighted by atomic mass is 15.1. The molecular weight excluding hydrogens is 743 g/mol. The van der Waals surface area contributed by atoms with Crippen LogP contribution in [0.5, 0.6) is 0 Å². The number of nitrogens with zero attached hydrogens (tertiary/aromatic N) is 5. The summed E-state index contributed by atoms with van der Waals surface area (Å²) >= 11 is 0. The Balaban J connectivity index is 1.15. The van der Waals surface area contributed by atoms with Gasteiger partial charge in [-0.2, -0.15) is 0 Å². The highest BCUT2D eigenvalue weighted by Gasteiger charge is 2.19. The lowest BCUT2D eigenvalue weighted by molar-refractivity contribution is 0.908. The quantitative estimate of drug-likeness (QED) is 0.144. The van der Waals surface area contributed by atoms with E-state index in [2.05, 4.69) is 206 Å². The van der Waals surface area contributed by atoms with Crippen LogP contribution in [-0.4, -0.2) is 24.5 Å². The summed E-state index contributed by atoms with van der Waals surface area (Å²) in [5.74, 6) is 2.80. The number of aromatic nitrogens is 5. The molecule has 0 saturated heterocycles. The summed E-state index contributed by atoms with van der Waals surface area (Å²) in [4.78, 5) is 20.8. The molecule has 2 aromatic heterocycles. The largest absolute Gasteiger partial charge is 0.296 e. The van der Waals surface area contributed by atoms with E-state index in [1.807, 2.05) is 12.1 Å². The molecule has 61 heavy (non-hydrogen) atoms. The van der Waals surface area contributed by atoms with Gasteiger partial charge in [0.1, 0.15) is 5.82 Å². The van der Waals surface area contributed by atoms with Crippen LogP contribution in [0.15, 0.2) is 206 Å². The van der Waals surface area contributed by atoms with Crippen LogP contribution >= 0.6 is 0 Å². The maximum Gasteiger partial charge on any atom is 0.164 e. The van der Waals surface area contributed by atoms with Crippen molar-refractivity contribution in [1.29, 1.82) is 0 Å². The average molecular weight is 782 g/mol. The van der Waals surface area contributed by atoms with Crippen molar-refractivity contribution in [3.63, 3.8) is 0 Å². The van der Waals surface area contributed by atoms with Crippen molar-refractivity contribution < 1.29 is 0 Å². The van der Waals surface area contributed by atoms with Crippen LogP contribution in [-0.2, 0) is 6.42 Å². The smallest absolute Gasteiger partial charge is 0.164 e. The van der Waals surface area contributed by atoms with E-state index in [0.29, 0.717) is 17.5 Å². The fraction of sp³-hybridized carbons (Fsp3) is 0.0357. The lowest BCUT2D eigenvalue weighted by Gasteiger charge is -2.16. The van der Waals surface area contributed by atoms with Crippen molar-refractivity contribution in [2.24, 2.45) is 0 Å². The summed E-state index contributed by atoms with van der Waals surface area (Å²) < 4.78 is 2.29. The summed E-state index contributed by atoms with van der Waals surface area (Å²) in [6.45, 7) is 2.16. The molecule has 0 aliphatic rings. The summed E-state index contributed by atoms with van der Waals surface area (Å²) in [6, 6.07) is 72.6. The first-order chi connectivity index (χ1) is 30.2. The zero-order valence-corrected chi connectivity index (χ0v) is 33.6. The second-order valence-electron chi connectivity index (χ2n) is 15.4. The summed E-state index contributed by atoms with van der Waals surface area (Å²) in [5, 5.41) is 4.82. The van der Waals surface area contributed by atoms with Crippen molar-refractivity contribution in [2.45, 2.75) is 13.3 Å². The first kappa shape index (κ1) is 36.1. The van der Waals surface area contributed by atoms with E-state index in [1.165, 1.54) is 21.5 Å². The maximum absolute atomic E-state index is 5.29. The number of benzene rings is 9. The molecule has 0 unspecified atom stereocenters. The van der Waals surface area contributed by atoms with Gasteiger partial charge in [-0.3, -0.25) is 4.57 Å². The van der Waals surface area contributed by atoms with Gasteiger partial charge in [0, 0.05) is 28.8 Å². The van der Waals surface area contributed by atoms with E-state index >= 15 is 0 Å². The molecule has 5 nitrogen and oxygen atoms in total. The Kier molecular flexibility index (Phi) is 9.05. The third kappa shape index (κ3) is 6.72. The lowest BCUT2D eigenvalue weighted by Crippen LogP contribution is -2.03. The van der Waals surface area contributed by atoms with Gasteiger partial charge in [-0.1, -0.05) is 177 Å². The summed E-state index contributed by atoms with van der Waals surface area (Å²) in [5.41, 5.74) is 12.5. The fourth-order valence-corrected chi connectivity index (χ4v) is 8.57. The third-order valence-corrected chi connectivity index (χ3v) is 11.6. The number of fused-ring (bicyclic) bond motifs is 4. The van der Waals surface area contributed by atoms with E-state index in [9.17, 15) is 0 Å². The predicted octanol–water partition coefficient (Wildman–Crippen LogP) is 14.1. The fourth-order valence-electron chi connectivity index (χ4n) is 8.57. The second kappa shape index (κ2) is 15.3. The first-order valence-corrected chi connectivity index (χ1v) is 20.8. The van der Waals surface area contributed by atoms with Crippen molar-refractivity contribution in [3.05, 3.63) is 212 Å². The van der Waals surface area contributed by atoms with Crippen LogP contribution in [0.25, 0.3) is 106 Å². The predicted molar refractivity (Wildman–Crippen MR) is 251 cm³/mol. The number of imidazole rings is 1. The van der Waals surface area contributed by atoms with Gasteiger partial charge in [-0.15, -0.1) is 0 Å². The molecule has 9 aromatic carbocycles. The molecule has 0 atom stereocenters. The second-order valence-corrected chi connectivity index (χ2v) is 15.4. The highest BCUT2D eigenvalue weighted by Crippen LogP contribution is 2.39. The Morgan fingerprint density at radius 2 is 0.836 bits per heavy atom. The molecule has 2 heterocycles. The molecule has 5 heteroatoms. The van der Waals surface area contributed by atoms with Crippen LogP contribution in [0.3, 0.4) is 0 Å². The van der Waals surface area contributed by atoms with Crippen molar-refractivity contribution in [2.75, 3.05) is 0 Å². The molecule has 0 amide bonds. The Hall–Kier alpha value is -8.02. The van der Waals surface area contributed by atoms with Crippen molar-refractivity contribution in [3.8, 4) is 73.2 Å². The average Bonchev–Trinajstić information content (AvgIpc) is 3.73. The third-order valence-electron chi connectivity index (χ3n) is 11.6. The summed E-state index contributed by atoms with van der Waals surface area (Å²) in [7, 11) is 0. The van der Waals surface area contributed by atoms with Gasteiger partial charge >= 0.3 is 0 Å². The minimum Gasteiger partial charge on any atom is -0.296 e.